The van der Waals surface area contributed by atoms with E-state index in [1.54, 1.807) is 11.3 Å². The molecule has 2 amide bonds. The van der Waals surface area contributed by atoms with Crippen LogP contribution in [0.25, 0.3) is 0 Å². The van der Waals surface area contributed by atoms with Crippen LogP contribution in [-0.4, -0.2) is 35.9 Å². The zero-order valence-corrected chi connectivity index (χ0v) is 17.5. The fraction of sp³-hybridized carbons (Fsp3) is 0.478. The summed E-state index contributed by atoms with van der Waals surface area (Å²) in [6.45, 7) is 1.79. The van der Waals surface area contributed by atoms with E-state index in [1.807, 2.05) is 34.5 Å². The summed E-state index contributed by atoms with van der Waals surface area (Å²) in [5.74, 6) is 1.29. The molecule has 1 aliphatic carbocycles. The standard InChI is InChI=1S/C23H28N2O3S/c26-22(10-5-17-11-14-29-16-17)24-20-8-6-18(7-9-20)23(27)25-12-13-28-21-4-2-1-3-19(21)15-25/h1-4,11,14,16,18,20H,5-10,12-13,15H2,(H,24,26). The predicted octanol–water partition coefficient (Wildman–Crippen LogP) is 3.78. The molecule has 1 aliphatic heterocycles. The molecule has 1 saturated carbocycles. The van der Waals surface area contributed by atoms with E-state index in [0.29, 0.717) is 26.1 Å². The first-order valence-corrected chi connectivity index (χ1v) is 11.4. The van der Waals surface area contributed by atoms with Gasteiger partial charge in [0, 0.05) is 30.5 Å². The van der Waals surface area contributed by atoms with Gasteiger partial charge in [0.25, 0.3) is 0 Å². The lowest BCUT2D eigenvalue weighted by molar-refractivity contribution is -0.137. The molecule has 154 valence electrons. The third-order valence-corrected chi connectivity index (χ3v) is 6.66. The number of aryl methyl sites for hydroxylation is 1. The second kappa shape index (κ2) is 9.44. The summed E-state index contributed by atoms with van der Waals surface area (Å²) in [6, 6.07) is 10.2. The van der Waals surface area contributed by atoms with Gasteiger partial charge in [0.15, 0.2) is 0 Å². The third kappa shape index (κ3) is 5.18. The number of nitrogens with zero attached hydrogens (tertiary/aromatic N) is 1. The lowest BCUT2D eigenvalue weighted by atomic mass is 9.85. The Morgan fingerprint density at radius 3 is 2.76 bits per heavy atom. The topological polar surface area (TPSA) is 58.6 Å². The van der Waals surface area contributed by atoms with E-state index in [-0.39, 0.29) is 23.8 Å². The van der Waals surface area contributed by atoms with Crippen LogP contribution in [0.1, 0.15) is 43.2 Å². The quantitative estimate of drug-likeness (QED) is 0.813. The van der Waals surface area contributed by atoms with Crippen LogP contribution in [0.5, 0.6) is 5.75 Å². The van der Waals surface area contributed by atoms with Gasteiger partial charge in [-0.3, -0.25) is 9.59 Å². The Bertz CT molecular complexity index is 828. The second-order valence-corrected chi connectivity index (χ2v) is 8.74. The molecular weight excluding hydrogens is 384 g/mol. The number of para-hydroxylation sites is 1. The molecule has 2 aromatic rings. The van der Waals surface area contributed by atoms with Gasteiger partial charge in [-0.25, -0.2) is 0 Å². The second-order valence-electron chi connectivity index (χ2n) is 7.96. The van der Waals surface area contributed by atoms with Gasteiger partial charge >= 0.3 is 0 Å². The number of rotatable bonds is 5. The zero-order valence-electron chi connectivity index (χ0n) is 16.6. The fourth-order valence-corrected chi connectivity index (χ4v) is 4.95. The van der Waals surface area contributed by atoms with Gasteiger partial charge in [-0.2, -0.15) is 11.3 Å². The van der Waals surface area contributed by atoms with Crippen molar-refractivity contribution in [2.24, 2.45) is 5.92 Å². The first kappa shape index (κ1) is 20.0. The summed E-state index contributed by atoms with van der Waals surface area (Å²) >= 11 is 1.66. The number of benzene rings is 1. The summed E-state index contributed by atoms with van der Waals surface area (Å²) in [4.78, 5) is 27.2. The van der Waals surface area contributed by atoms with Crippen LogP contribution in [0.2, 0.25) is 0 Å². The highest BCUT2D eigenvalue weighted by molar-refractivity contribution is 7.07. The molecule has 0 atom stereocenters. The molecule has 1 N–H and O–H groups in total. The SMILES string of the molecule is O=C(CCc1ccsc1)NC1CCC(C(=O)N2CCOc3ccccc3C2)CC1. The monoisotopic (exact) mass is 412 g/mol. The maximum absolute atomic E-state index is 13.1. The minimum atomic E-state index is 0.0548. The van der Waals surface area contributed by atoms with E-state index in [4.69, 9.17) is 4.74 Å². The summed E-state index contributed by atoms with van der Waals surface area (Å²) in [5, 5.41) is 7.30. The molecule has 2 aliphatic rings. The Labute approximate surface area is 176 Å². The van der Waals surface area contributed by atoms with Gasteiger partial charge in [0.2, 0.25) is 11.8 Å². The van der Waals surface area contributed by atoms with Crippen molar-refractivity contribution in [3.8, 4) is 5.75 Å². The van der Waals surface area contributed by atoms with E-state index in [9.17, 15) is 9.59 Å². The van der Waals surface area contributed by atoms with Crippen molar-refractivity contribution >= 4 is 23.2 Å². The molecule has 0 spiro atoms. The van der Waals surface area contributed by atoms with Crippen molar-refractivity contribution in [3.05, 3.63) is 52.2 Å². The molecule has 1 fully saturated rings. The number of fused-ring (bicyclic) bond motifs is 1. The molecule has 0 bridgehead atoms. The molecule has 6 heteroatoms. The van der Waals surface area contributed by atoms with Crippen LogP contribution < -0.4 is 10.1 Å². The highest BCUT2D eigenvalue weighted by atomic mass is 32.1. The average molecular weight is 413 g/mol. The lowest BCUT2D eigenvalue weighted by Crippen LogP contribution is -2.42. The van der Waals surface area contributed by atoms with Crippen molar-refractivity contribution in [1.82, 2.24) is 10.2 Å². The van der Waals surface area contributed by atoms with Gasteiger partial charge in [0.05, 0.1) is 6.54 Å². The summed E-state index contributed by atoms with van der Waals surface area (Å²) in [5.41, 5.74) is 2.30. The maximum Gasteiger partial charge on any atom is 0.226 e. The van der Waals surface area contributed by atoms with Crippen LogP contribution in [0.15, 0.2) is 41.1 Å². The summed E-state index contributed by atoms with van der Waals surface area (Å²) < 4.78 is 5.79. The number of carbonyl (C=O) groups excluding carboxylic acids is 2. The molecule has 0 saturated heterocycles. The number of hydrogen-bond donors (Lipinski definition) is 1. The van der Waals surface area contributed by atoms with Crippen molar-refractivity contribution in [2.75, 3.05) is 13.2 Å². The first-order chi connectivity index (χ1) is 14.2. The molecule has 0 unspecified atom stereocenters. The Hall–Kier alpha value is -2.34. The lowest BCUT2D eigenvalue weighted by Gasteiger charge is -2.32. The summed E-state index contributed by atoms with van der Waals surface area (Å²) in [6.07, 6.45) is 4.76. The molecule has 1 aromatic heterocycles. The highest BCUT2D eigenvalue weighted by Crippen LogP contribution is 2.29. The minimum absolute atomic E-state index is 0.0548. The number of hydrogen-bond acceptors (Lipinski definition) is 4. The Balaban J connectivity index is 1.24. The van der Waals surface area contributed by atoms with Gasteiger partial charge in [-0.15, -0.1) is 0 Å². The number of thiophene rings is 1. The van der Waals surface area contributed by atoms with E-state index in [2.05, 4.69) is 16.8 Å². The zero-order chi connectivity index (χ0) is 20.1. The fourth-order valence-electron chi connectivity index (χ4n) is 4.25. The third-order valence-electron chi connectivity index (χ3n) is 5.93. The van der Waals surface area contributed by atoms with Crippen molar-refractivity contribution in [3.63, 3.8) is 0 Å². The predicted molar refractivity (Wildman–Crippen MR) is 114 cm³/mol. The average Bonchev–Trinajstić information content (AvgIpc) is 3.17. The number of ether oxygens (including phenoxy) is 1. The van der Waals surface area contributed by atoms with Crippen LogP contribution in [0.3, 0.4) is 0 Å². The van der Waals surface area contributed by atoms with Crippen molar-refractivity contribution in [1.29, 1.82) is 0 Å². The Morgan fingerprint density at radius 2 is 1.97 bits per heavy atom. The van der Waals surface area contributed by atoms with Crippen molar-refractivity contribution < 1.29 is 14.3 Å². The number of amides is 2. The Morgan fingerprint density at radius 1 is 1.14 bits per heavy atom. The van der Waals surface area contributed by atoms with Crippen LogP contribution in [-0.2, 0) is 22.6 Å². The first-order valence-electron chi connectivity index (χ1n) is 10.5. The largest absolute Gasteiger partial charge is 0.491 e. The van der Waals surface area contributed by atoms with E-state index < -0.39 is 0 Å². The minimum Gasteiger partial charge on any atom is -0.491 e. The van der Waals surface area contributed by atoms with Crippen LogP contribution in [0, 0.1) is 5.92 Å². The van der Waals surface area contributed by atoms with Crippen LogP contribution in [0.4, 0.5) is 0 Å². The van der Waals surface area contributed by atoms with Gasteiger partial charge in [0.1, 0.15) is 12.4 Å². The van der Waals surface area contributed by atoms with E-state index in [1.165, 1.54) is 5.56 Å². The van der Waals surface area contributed by atoms with E-state index >= 15 is 0 Å². The molecule has 0 radical (unpaired) electrons. The summed E-state index contributed by atoms with van der Waals surface area (Å²) in [7, 11) is 0. The maximum atomic E-state index is 13.1. The molecular formula is C23H28N2O3S. The highest BCUT2D eigenvalue weighted by Gasteiger charge is 2.31. The smallest absolute Gasteiger partial charge is 0.226 e. The van der Waals surface area contributed by atoms with Gasteiger partial charge < -0.3 is 15.0 Å². The number of carbonyl (C=O) groups is 2. The molecule has 4 rings (SSSR count). The molecule has 5 nitrogen and oxygen atoms in total. The van der Waals surface area contributed by atoms with Gasteiger partial charge in [-0.1, -0.05) is 18.2 Å². The number of nitrogens with one attached hydrogen (secondary N) is 1. The normalized spacial score (nSPS) is 21.6. The molecule has 1 aromatic carbocycles. The Kier molecular flexibility index (Phi) is 6.49. The van der Waals surface area contributed by atoms with E-state index in [0.717, 1.165) is 43.4 Å². The molecule has 29 heavy (non-hydrogen) atoms. The van der Waals surface area contributed by atoms with Gasteiger partial charge in [-0.05, 0) is 60.6 Å². The van der Waals surface area contributed by atoms with Crippen LogP contribution >= 0.6 is 11.3 Å². The molecule has 2 heterocycles. The van der Waals surface area contributed by atoms with Crippen molar-refractivity contribution in [2.45, 2.75) is 51.1 Å².